The van der Waals surface area contributed by atoms with E-state index in [4.69, 9.17) is 21.2 Å². The van der Waals surface area contributed by atoms with Gasteiger partial charge < -0.3 is 10.1 Å². The Labute approximate surface area is 131 Å². The van der Waals surface area contributed by atoms with Gasteiger partial charge in [-0.05, 0) is 6.07 Å². The average molecular weight is 303 g/mol. The molecule has 0 unspecified atom stereocenters. The van der Waals surface area contributed by atoms with E-state index in [1.807, 2.05) is 0 Å². The molecule has 1 rings (SSSR count). The van der Waals surface area contributed by atoms with Gasteiger partial charge >= 0.3 is 5.97 Å². The highest BCUT2D eigenvalue weighted by atomic mass is 16.5. The summed E-state index contributed by atoms with van der Waals surface area (Å²) in [5.74, 6) is -0.290. The Morgan fingerprint density at radius 2 is 1.61 bits per heavy atom. The molecule has 23 heavy (non-hydrogen) atoms. The molecule has 0 atom stereocenters. The molecule has 7 heteroatoms. The van der Waals surface area contributed by atoms with E-state index in [1.165, 1.54) is 48.3 Å². The Kier molecular flexibility index (Phi) is 5.72. The standard InChI is InChI=1S/C16H7N4O3/c1-23-16(22)13-5-3-2-4-12(13)15(21)14(10(6-17)7-18)11(8-19)9-20/h2-5H,1H3/q-1. The van der Waals surface area contributed by atoms with Crippen molar-refractivity contribution in [2.75, 3.05) is 7.11 Å². The normalized spacial score (nSPS) is 8.43. The number of Topliss-reactive ketones (excluding diaryl/α,β-unsaturated/α-hetero) is 1. The second-order valence-electron chi connectivity index (χ2n) is 3.94. The molecule has 0 N–H and O–H groups in total. The molecule has 0 saturated carbocycles. The fourth-order valence-corrected chi connectivity index (χ4v) is 1.73. The molecule has 1 aromatic carbocycles. The summed E-state index contributed by atoms with van der Waals surface area (Å²) in [6.45, 7) is 0. The number of ketones is 1. The first-order valence-electron chi connectivity index (χ1n) is 5.99. The van der Waals surface area contributed by atoms with Crippen molar-refractivity contribution in [1.82, 2.24) is 0 Å². The van der Waals surface area contributed by atoms with Crippen LogP contribution in [0.3, 0.4) is 0 Å². The van der Waals surface area contributed by atoms with Gasteiger partial charge in [0.05, 0.1) is 23.8 Å². The zero-order valence-corrected chi connectivity index (χ0v) is 11.8. The van der Waals surface area contributed by atoms with Crippen molar-refractivity contribution in [3.63, 3.8) is 0 Å². The summed E-state index contributed by atoms with van der Waals surface area (Å²) in [6.07, 6.45) is 0. The van der Waals surface area contributed by atoms with Gasteiger partial charge in [-0.3, -0.25) is 4.79 Å². The van der Waals surface area contributed by atoms with Gasteiger partial charge in [0.25, 0.3) is 0 Å². The van der Waals surface area contributed by atoms with Crippen LogP contribution in [0, 0.1) is 34.0 Å². The Morgan fingerprint density at radius 1 is 1.04 bits per heavy atom. The number of hydrogen-bond donors (Lipinski definition) is 0. The maximum absolute atomic E-state index is 12.6. The van der Waals surface area contributed by atoms with Gasteiger partial charge in [-0.1, -0.05) is 18.2 Å². The lowest BCUT2D eigenvalue weighted by atomic mass is 9.91. The molecule has 1 aromatic rings. The lowest BCUT2D eigenvalue weighted by molar-refractivity contribution is 0.0597. The lowest BCUT2D eigenvalue weighted by Crippen LogP contribution is -2.14. The number of ether oxygens (including phenoxy) is 1. The largest absolute Gasteiger partial charge is 0.762 e. The van der Waals surface area contributed by atoms with Crippen LogP contribution in [0.1, 0.15) is 20.7 Å². The molecule has 110 valence electrons. The summed E-state index contributed by atoms with van der Waals surface area (Å²) in [4.78, 5) is 24.3. The first-order valence-corrected chi connectivity index (χ1v) is 5.99. The molecule has 0 aliphatic carbocycles. The molecule has 0 bridgehead atoms. The van der Waals surface area contributed by atoms with Crippen LogP contribution in [0.5, 0.6) is 0 Å². The van der Waals surface area contributed by atoms with Crippen molar-refractivity contribution < 1.29 is 14.3 Å². The third-order valence-corrected chi connectivity index (χ3v) is 2.75. The minimum Gasteiger partial charge on any atom is -0.762 e. The van der Waals surface area contributed by atoms with Crippen LogP contribution >= 0.6 is 0 Å². The fraction of sp³-hybridized carbons (Fsp3) is 0.0625. The van der Waals surface area contributed by atoms with E-state index in [0.29, 0.717) is 0 Å². The van der Waals surface area contributed by atoms with Gasteiger partial charge in [-0.25, -0.2) is 10.7 Å². The van der Waals surface area contributed by atoms with Gasteiger partial charge in [0.1, 0.15) is 23.8 Å². The van der Waals surface area contributed by atoms with Gasteiger partial charge in [0.15, 0.2) is 5.78 Å². The molecule has 0 aliphatic heterocycles. The Bertz CT molecular complexity index is 869. The maximum Gasteiger partial charge on any atom is 0.338 e. The first-order chi connectivity index (χ1) is 11.0. The predicted octanol–water partition coefficient (Wildman–Crippen LogP) is 1.69. The molecule has 0 heterocycles. The number of allylic oxidation sites excluding steroid dienone is 3. The first kappa shape index (κ1) is 17.1. The second kappa shape index (κ2) is 7.71. The van der Waals surface area contributed by atoms with Crippen molar-refractivity contribution in [3.8, 4) is 18.2 Å². The van der Waals surface area contributed by atoms with Crippen molar-refractivity contribution in [3.05, 3.63) is 57.5 Å². The molecular weight excluding hydrogens is 296 g/mol. The van der Waals surface area contributed by atoms with Crippen LogP contribution in [0.25, 0.3) is 5.41 Å². The highest BCUT2D eigenvalue weighted by Gasteiger charge is 2.25. The average Bonchev–Trinajstić information content (AvgIpc) is 2.60. The Hall–Kier alpha value is -3.98. The van der Waals surface area contributed by atoms with Gasteiger partial charge in [-0.15, -0.1) is 0 Å². The topological polar surface area (TPSA) is 137 Å². The molecular formula is C16H7N4O3-. The summed E-state index contributed by atoms with van der Waals surface area (Å²) in [5, 5.41) is 35.8. The second-order valence-corrected chi connectivity index (χ2v) is 3.94. The summed E-state index contributed by atoms with van der Waals surface area (Å²) in [5.41, 5.74) is -2.31. The van der Waals surface area contributed by atoms with Crippen molar-refractivity contribution in [2.45, 2.75) is 0 Å². The summed E-state index contributed by atoms with van der Waals surface area (Å²) < 4.78 is 4.56. The summed E-state index contributed by atoms with van der Waals surface area (Å²) in [6, 6.07) is 9.94. The number of nitrogens with zero attached hydrogens (tertiary/aromatic N) is 4. The van der Waals surface area contributed by atoms with Crippen LogP contribution in [0.15, 0.2) is 41.0 Å². The Balaban J connectivity index is 3.72. The summed E-state index contributed by atoms with van der Waals surface area (Å²) in [7, 11) is 1.12. The fourth-order valence-electron chi connectivity index (χ4n) is 1.73. The number of methoxy groups -OCH3 is 1. The molecule has 0 aliphatic rings. The molecule has 0 amide bonds. The number of hydrogen-bond acceptors (Lipinski definition) is 6. The highest BCUT2D eigenvalue weighted by molar-refractivity contribution is 6.19. The van der Waals surface area contributed by atoms with E-state index >= 15 is 0 Å². The SMILES string of the molecule is COC(=O)c1ccccc1C(=O)C(C(=C=[N-])C#N)=C(C#N)C#N. The lowest BCUT2D eigenvalue weighted by Gasteiger charge is -2.09. The molecule has 0 fully saturated rings. The van der Waals surface area contributed by atoms with E-state index in [9.17, 15) is 9.59 Å². The maximum atomic E-state index is 12.6. The Morgan fingerprint density at radius 3 is 2.04 bits per heavy atom. The van der Waals surface area contributed by atoms with Gasteiger partial charge in [0, 0.05) is 5.56 Å². The quantitative estimate of drug-likeness (QED) is 0.207. The number of esters is 1. The third-order valence-electron chi connectivity index (χ3n) is 2.75. The van der Waals surface area contributed by atoms with E-state index in [0.717, 1.165) is 7.11 Å². The van der Waals surface area contributed by atoms with Gasteiger partial charge in [0.2, 0.25) is 0 Å². The number of nitriles is 3. The molecule has 0 saturated heterocycles. The number of rotatable bonds is 4. The van der Waals surface area contributed by atoms with Crippen molar-refractivity contribution >= 4 is 17.6 Å². The third kappa shape index (κ3) is 3.37. The van der Waals surface area contributed by atoms with Crippen LogP contribution in [-0.4, -0.2) is 24.7 Å². The van der Waals surface area contributed by atoms with Gasteiger partial charge in [-0.2, -0.15) is 15.8 Å². The van der Waals surface area contributed by atoms with Crippen molar-refractivity contribution in [1.29, 1.82) is 15.8 Å². The van der Waals surface area contributed by atoms with Crippen LogP contribution < -0.4 is 0 Å². The molecule has 7 nitrogen and oxygen atoms in total. The van der Waals surface area contributed by atoms with Crippen LogP contribution in [-0.2, 0) is 4.74 Å². The zero-order valence-electron chi connectivity index (χ0n) is 11.8. The predicted molar refractivity (Wildman–Crippen MR) is 77.9 cm³/mol. The van der Waals surface area contributed by atoms with Crippen LogP contribution in [0.2, 0.25) is 0 Å². The van der Waals surface area contributed by atoms with E-state index in [-0.39, 0.29) is 11.1 Å². The van der Waals surface area contributed by atoms with E-state index in [1.54, 1.807) is 0 Å². The molecule has 0 aromatic heterocycles. The highest BCUT2D eigenvalue weighted by Crippen LogP contribution is 2.21. The minimum absolute atomic E-state index is 0.108. The number of benzene rings is 1. The smallest absolute Gasteiger partial charge is 0.338 e. The molecule has 0 radical (unpaired) electrons. The number of carbonyl (C=O) groups excluding carboxylic acids is 2. The zero-order chi connectivity index (χ0) is 17.4. The molecule has 0 spiro atoms. The monoisotopic (exact) mass is 303 g/mol. The van der Waals surface area contributed by atoms with Crippen LogP contribution in [0.4, 0.5) is 0 Å². The van der Waals surface area contributed by atoms with Crippen molar-refractivity contribution in [2.24, 2.45) is 0 Å². The van der Waals surface area contributed by atoms with E-state index < -0.39 is 28.5 Å². The minimum atomic E-state index is -0.956. The number of carbonyl (C=O) groups is 2. The summed E-state index contributed by atoms with van der Waals surface area (Å²) >= 11 is 0. The van der Waals surface area contributed by atoms with E-state index in [2.05, 4.69) is 4.74 Å².